The number of carboxylic acids is 1. The van der Waals surface area contributed by atoms with Crippen molar-refractivity contribution in [1.82, 2.24) is 0 Å². The summed E-state index contributed by atoms with van der Waals surface area (Å²) >= 11 is 0. The molecule has 0 radical (unpaired) electrons. The Morgan fingerprint density at radius 3 is 1.86 bits per heavy atom. The standard InChI is InChI=1S/C9H14F6N2O4S/c10-8(11,12)7(20,9(13,14)15)2-4-22(17,21)3-1-5(16)6(18)19/h5,17,20H,1-4,16H2,(H,18,19)/t5-,22?/m0/s1. The van der Waals surface area contributed by atoms with Gasteiger partial charge in [0.05, 0.1) is 0 Å². The maximum absolute atomic E-state index is 12.4. The van der Waals surface area contributed by atoms with Crippen molar-refractivity contribution in [3.05, 3.63) is 0 Å². The van der Waals surface area contributed by atoms with Crippen LogP contribution in [0.15, 0.2) is 0 Å². The zero-order chi connectivity index (χ0) is 18.0. The number of hydrogen-bond acceptors (Lipinski definition) is 5. The molecule has 0 aliphatic heterocycles. The van der Waals surface area contributed by atoms with Crippen LogP contribution in [0.5, 0.6) is 0 Å². The van der Waals surface area contributed by atoms with E-state index in [1.165, 1.54) is 0 Å². The lowest BCUT2D eigenvalue weighted by atomic mass is 10.00. The van der Waals surface area contributed by atoms with Crippen LogP contribution in [0, 0.1) is 4.78 Å². The van der Waals surface area contributed by atoms with Crippen LogP contribution in [0.3, 0.4) is 0 Å². The number of halogens is 6. The average molecular weight is 360 g/mol. The van der Waals surface area contributed by atoms with Crippen LogP contribution in [0.2, 0.25) is 0 Å². The topological polar surface area (TPSA) is 124 Å². The minimum Gasteiger partial charge on any atom is -0.480 e. The molecule has 0 aromatic heterocycles. The van der Waals surface area contributed by atoms with Crippen molar-refractivity contribution < 1.29 is 45.6 Å². The number of carbonyl (C=O) groups is 1. The summed E-state index contributed by atoms with van der Waals surface area (Å²) in [5, 5.41) is 17.3. The van der Waals surface area contributed by atoms with Crippen molar-refractivity contribution in [2.75, 3.05) is 11.5 Å². The summed E-state index contributed by atoms with van der Waals surface area (Å²) in [6.45, 7) is 0. The molecule has 6 nitrogen and oxygen atoms in total. The SMILES string of the molecule is N=S(=O)(CC[C@H](N)C(=O)O)CCC(O)(C(F)(F)F)C(F)(F)F. The molecule has 2 atom stereocenters. The fourth-order valence-electron chi connectivity index (χ4n) is 1.30. The van der Waals surface area contributed by atoms with Gasteiger partial charge in [-0.25, -0.2) is 4.21 Å². The zero-order valence-electron chi connectivity index (χ0n) is 10.9. The largest absolute Gasteiger partial charge is 0.480 e. The molecule has 0 spiro atoms. The maximum atomic E-state index is 12.4. The Hall–Kier alpha value is -1.08. The first-order chi connectivity index (χ1) is 9.53. The first-order valence-corrected chi connectivity index (χ1v) is 7.51. The van der Waals surface area contributed by atoms with Crippen molar-refractivity contribution in [3.8, 4) is 0 Å². The molecule has 132 valence electrons. The van der Waals surface area contributed by atoms with Crippen LogP contribution in [-0.4, -0.2) is 55.9 Å². The number of nitrogens with two attached hydrogens (primary N) is 1. The van der Waals surface area contributed by atoms with Gasteiger partial charge in [-0.1, -0.05) is 0 Å². The third-order valence-electron chi connectivity index (χ3n) is 2.81. The lowest BCUT2D eigenvalue weighted by Gasteiger charge is -2.32. The molecular weight excluding hydrogens is 346 g/mol. The summed E-state index contributed by atoms with van der Waals surface area (Å²) in [6, 6.07) is -1.55. The molecule has 0 aromatic carbocycles. The molecule has 5 N–H and O–H groups in total. The third kappa shape index (κ3) is 5.28. The fourth-order valence-corrected chi connectivity index (χ4v) is 2.76. The summed E-state index contributed by atoms with van der Waals surface area (Å²) in [7, 11) is -3.97. The molecule has 0 aromatic rings. The van der Waals surface area contributed by atoms with Gasteiger partial charge in [-0.3, -0.25) is 9.57 Å². The molecule has 0 aliphatic rings. The normalized spacial score (nSPS) is 17.8. The molecule has 1 unspecified atom stereocenters. The van der Waals surface area contributed by atoms with Crippen LogP contribution in [0.4, 0.5) is 26.3 Å². The van der Waals surface area contributed by atoms with E-state index in [2.05, 4.69) is 0 Å². The minimum atomic E-state index is -6.06. The highest BCUT2D eigenvalue weighted by Crippen LogP contribution is 2.45. The van der Waals surface area contributed by atoms with E-state index in [0.717, 1.165) is 0 Å². The van der Waals surface area contributed by atoms with Gasteiger partial charge in [0.25, 0.3) is 5.60 Å². The highest BCUT2D eigenvalue weighted by atomic mass is 32.2. The molecule has 13 heteroatoms. The van der Waals surface area contributed by atoms with Crippen molar-refractivity contribution in [1.29, 1.82) is 4.78 Å². The third-order valence-corrected chi connectivity index (χ3v) is 4.57. The van der Waals surface area contributed by atoms with E-state index in [1.54, 1.807) is 0 Å². The van der Waals surface area contributed by atoms with Gasteiger partial charge < -0.3 is 15.9 Å². The number of nitrogens with one attached hydrogen (secondary N) is 1. The van der Waals surface area contributed by atoms with Gasteiger partial charge in [-0.15, -0.1) is 0 Å². The average Bonchev–Trinajstić information content (AvgIpc) is 2.30. The lowest BCUT2D eigenvalue weighted by Crippen LogP contribution is -2.57. The monoisotopic (exact) mass is 360 g/mol. The van der Waals surface area contributed by atoms with Crippen LogP contribution < -0.4 is 5.73 Å². The number of carboxylic acid groups (broad SMARTS) is 1. The van der Waals surface area contributed by atoms with E-state index in [1.807, 2.05) is 0 Å². The van der Waals surface area contributed by atoms with Crippen LogP contribution in [0.1, 0.15) is 12.8 Å². The summed E-state index contributed by atoms with van der Waals surface area (Å²) in [5.41, 5.74) is -0.0584. The molecule has 0 heterocycles. The predicted molar refractivity (Wildman–Crippen MR) is 62.5 cm³/mol. The molecule has 22 heavy (non-hydrogen) atoms. The first-order valence-electron chi connectivity index (χ1n) is 5.62. The van der Waals surface area contributed by atoms with Crippen molar-refractivity contribution in [2.45, 2.75) is 36.8 Å². The fraction of sp³-hybridized carbons (Fsp3) is 0.889. The smallest absolute Gasteiger partial charge is 0.426 e. The van der Waals surface area contributed by atoms with Gasteiger partial charge in [0, 0.05) is 27.7 Å². The Morgan fingerprint density at radius 1 is 1.14 bits per heavy atom. The number of hydrogen-bond donors (Lipinski definition) is 4. The number of alkyl halides is 6. The highest BCUT2D eigenvalue weighted by Gasteiger charge is 2.69. The second-order valence-corrected chi connectivity index (χ2v) is 7.00. The predicted octanol–water partition coefficient (Wildman–Crippen LogP) is 1.08. The van der Waals surface area contributed by atoms with Gasteiger partial charge in [0.15, 0.2) is 0 Å². The molecule has 0 bridgehead atoms. The van der Waals surface area contributed by atoms with E-state index < -0.39 is 64.0 Å². The summed E-state index contributed by atoms with van der Waals surface area (Å²) in [4.78, 5) is 10.4. The quantitative estimate of drug-likeness (QED) is 0.506. The Kier molecular flexibility index (Phi) is 6.26. The molecule has 0 aliphatic carbocycles. The summed E-state index contributed by atoms with van der Waals surface area (Å²) in [5.74, 6) is -3.72. The number of rotatable bonds is 7. The van der Waals surface area contributed by atoms with Gasteiger partial charge in [-0.05, 0) is 6.42 Å². The van der Waals surface area contributed by atoms with E-state index in [-0.39, 0.29) is 0 Å². The highest BCUT2D eigenvalue weighted by molar-refractivity contribution is 7.92. The van der Waals surface area contributed by atoms with Crippen molar-refractivity contribution in [3.63, 3.8) is 0 Å². The summed E-state index contributed by atoms with van der Waals surface area (Å²) < 4.78 is 93.0. The van der Waals surface area contributed by atoms with Crippen LogP contribution >= 0.6 is 0 Å². The Balaban J connectivity index is 4.98. The Labute approximate surface area is 121 Å². The Bertz CT molecular complexity index is 487. The summed E-state index contributed by atoms with van der Waals surface area (Å²) in [6.07, 6.45) is -14.7. The first kappa shape index (κ1) is 20.9. The second-order valence-electron chi connectivity index (χ2n) is 4.56. The molecule has 0 saturated heterocycles. The van der Waals surface area contributed by atoms with Gasteiger partial charge in [0.1, 0.15) is 6.04 Å². The van der Waals surface area contributed by atoms with E-state index in [4.69, 9.17) is 20.7 Å². The maximum Gasteiger partial charge on any atom is 0.426 e. The number of aliphatic carboxylic acids is 1. The van der Waals surface area contributed by atoms with Crippen LogP contribution in [-0.2, 0) is 14.5 Å². The molecule has 0 saturated carbocycles. The van der Waals surface area contributed by atoms with E-state index in [0.29, 0.717) is 0 Å². The molecular formula is C9H14F6N2O4S. The second kappa shape index (κ2) is 6.58. The van der Waals surface area contributed by atoms with E-state index in [9.17, 15) is 35.3 Å². The molecule has 0 rings (SSSR count). The van der Waals surface area contributed by atoms with Gasteiger partial charge >= 0.3 is 18.3 Å². The van der Waals surface area contributed by atoms with Crippen LogP contribution in [0.25, 0.3) is 0 Å². The van der Waals surface area contributed by atoms with Crippen molar-refractivity contribution >= 4 is 15.7 Å². The van der Waals surface area contributed by atoms with E-state index >= 15 is 0 Å². The number of aliphatic hydroxyl groups is 1. The van der Waals surface area contributed by atoms with Gasteiger partial charge in [0.2, 0.25) is 0 Å². The molecule has 0 amide bonds. The van der Waals surface area contributed by atoms with Crippen molar-refractivity contribution in [2.24, 2.45) is 5.73 Å². The zero-order valence-corrected chi connectivity index (χ0v) is 11.7. The minimum absolute atomic E-state index is 0.561. The molecule has 0 fully saturated rings. The Morgan fingerprint density at radius 2 is 1.55 bits per heavy atom. The van der Waals surface area contributed by atoms with Gasteiger partial charge in [-0.2, -0.15) is 26.3 Å². The lowest BCUT2D eigenvalue weighted by molar-refractivity contribution is -0.368.